The SMILES string of the molecule is C=C[OH+]C1(CC)C2OC(C)(C)O[C@H]2OC(CO)[C@@H]1OCC. The highest BCUT2D eigenvalue weighted by atomic mass is 16.8. The van der Waals surface area contributed by atoms with Crippen molar-refractivity contribution in [2.45, 2.75) is 70.1 Å². The second kappa shape index (κ2) is 6.22. The van der Waals surface area contributed by atoms with Crippen LogP contribution < -0.4 is 0 Å². The third kappa shape index (κ3) is 2.83. The maximum Gasteiger partial charge on any atom is 0.252 e. The van der Waals surface area contributed by atoms with Gasteiger partial charge in [-0.25, -0.2) is 0 Å². The molecule has 0 spiro atoms. The van der Waals surface area contributed by atoms with Crippen LogP contribution in [0.3, 0.4) is 0 Å². The van der Waals surface area contributed by atoms with Crippen molar-refractivity contribution in [3.8, 4) is 0 Å². The fraction of sp³-hybridized carbons (Fsp3) is 0.867. The van der Waals surface area contributed by atoms with E-state index >= 15 is 0 Å². The van der Waals surface area contributed by atoms with Crippen LogP contribution in [0, 0.1) is 0 Å². The summed E-state index contributed by atoms with van der Waals surface area (Å²) in [7, 11) is 0. The van der Waals surface area contributed by atoms with E-state index in [9.17, 15) is 5.11 Å². The van der Waals surface area contributed by atoms with Crippen molar-refractivity contribution in [1.82, 2.24) is 0 Å². The molecule has 0 saturated carbocycles. The molecule has 0 aliphatic carbocycles. The molecule has 2 saturated heterocycles. The number of hydrogen-bond donors (Lipinski definition) is 1. The van der Waals surface area contributed by atoms with E-state index in [0.717, 1.165) is 0 Å². The second-order valence-electron chi connectivity index (χ2n) is 5.81. The first-order chi connectivity index (χ1) is 9.94. The molecule has 0 aromatic heterocycles. The minimum Gasteiger partial charge on any atom is -0.580 e. The van der Waals surface area contributed by atoms with Gasteiger partial charge in [-0.05, 0) is 27.4 Å². The first kappa shape index (κ1) is 16.7. The molecule has 3 unspecified atom stereocenters. The van der Waals surface area contributed by atoms with Gasteiger partial charge in [-0.15, -0.1) is 0 Å². The highest BCUT2D eigenvalue weighted by Gasteiger charge is 2.67. The molecule has 2 heterocycles. The predicted octanol–water partition coefficient (Wildman–Crippen LogP) is 1.08. The van der Waals surface area contributed by atoms with Gasteiger partial charge in [-0.3, -0.25) is 0 Å². The minimum atomic E-state index is -0.756. The van der Waals surface area contributed by atoms with E-state index in [1.54, 1.807) is 0 Å². The van der Waals surface area contributed by atoms with Crippen LogP contribution in [0.5, 0.6) is 0 Å². The van der Waals surface area contributed by atoms with Crippen molar-refractivity contribution in [3.05, 3.63) is 12.8 Å². The molecule has 2 aliphatic heterocycles. The Morgan fingerprint density at radius 3 is 2.57 bits per heavy atom. The largest absolute Gasteiger partial charge is 0.580 e. The Labute approximate surface area is 126 Å². The molecule has 5 atom stereocenters. The smallest absolute Gasteiger partial charge is 0.252 e. The lowest BCUT2D eigenvalue weighted by atomic mass is 9.81. The van der Waals surface area contributed by atoms with Gasteiger partial charge in [0.2, 0.25) is 6.26 Å². The number of hydrogen-bond acceptors (Lipinski definition) is 5. The fourth-order valence-electron chi connectivity index (χ4n) is 3.28. The summed E-state index contributed by atoms with van der Waals surface area (Å²) >= 11 is 0. The van der Waals surface area contributed by atoms with Gasteiger partial charge in [-0.2, -0.15) is 0 Å². The van der Waals surface area contributed by atoms with Gasteiger partial charge in [0.1, 0.15) is 6.10 Å². The summed E-state index contributed by atoms with van der Waals surface area (Å²) in [5.41, 5.74) is -0.679. The minimum absolute atomic E-state index is 0.161. The molecule has 0 aromatic rings. The number of fused-ring (bicyclic) bond motifs is 1. The molecular weight excluding hydrogens is 276 g/mol. The summed E-state index contributed by atoms with van der Waals surface area (Å²) in [4.78, 5) is 0. The van der Waals surface area contributed by atoms with E-state index in [1.165, 1.54) is 6.26 Å². The maximum atomic E-state index is 9.67. The van der Waals surface area contributed by atoms with E-state index in [2.05, 4.69) is 11.3 Å². The van der Waals surface area contributed by atoms with E-state index in [0.29, 0.717) is 13.0 Å². The van der Waals surface area contributed by atoms with Crippen molar-refractivity contribution in [2.75, 3.05) is 13.2 Å². The Balaban J connectivity index is 2.41. The third-order valence-corrected chi connectivity index (χ3v) is 4.11. The van der Waals surface area contributed by atoms with Crippen LogP contribution in [0.25, 0.3) is 0 Å². The predicted molar refractivity (Wildman–Crippen MR) is 76.6 cm³/mol. The second-order valence-corrected chi connectivity index (χ2v) is 5.81. The Morgan fingerprint density at radius 2 is 2.05 bits per heavy atom. The van der Waals surface area contributed by atoms with Gasteiger partial charge in [0.25, 0.3) is 5.60 Å². The standard InChI is InChI=1S/C15H26O6/c1-6-15(18-8-3)11(17-7-2)10(9-16)19-13-12(15)20-14(4,5)21-13/h8,10-13,16H,3,6-7,9H2,1-2,4-5H3/p+1/t10?,11-,12?,13+,15?/m0/s1. The zero-order valence-electron chi connectivity index (χ0n) is 13.2. The molecular formula is C15H27O6+. The average molecular weight is 303 g/mol. The quantitative estimate of drug-likeness (QED) is 0.587. The molecule has 6 nitrogen and oxygen atoms in total. The van der Waals surface area contributed by atoms with Gasteiger partial charge in [0.05, 0.1) is 6.61 Å². The lowest BCUT2D eigenvalue weighted by Crippen LogP contribution is -2.68. The third-order valence-electron chi connectivity index (χ3n) is 4.11. The van der Waals surface area contributed by atoms with E-state index in [1.807, 2.05) is 27.7 Å². The molecule has 21 heavy (non-hydrogen) atoms. The van der Waals surface area contributed by atoms with Crippen molar-refractivity contribution < 1.29 is 28.8 Å². The average Bonchev–Trinajstić information content (AvgIpc) is 2.76. The lowest BCUT2D eigenvalue weighted by molar-refractivity contribution is -0.333. The first-order valence-electron chi connectivity index (χ1n) is 7.50. The monoisotopic (exact) mass is 303 g/mol. The zero-order valence-corrected chi connectivity index (χ0v) is 13.2. The molecule has 0 radical (unpaired) electrons. The van der Waals surface area contributed by atoms with Gasteiger partial charge in [0, 0.05) is 13.0 Å². The van der Waals surface area contributed by atoms with Gasteiger partial charge < -0.3 is 28.8 Å². The van der Waals surface area contributed by atoms with E-state index < -0.39 is 36.0 Å². The Bertz CT molecular complexity index is 367. The molecule has 6 heteroatoms. The molecule has 122 valence electrons. The van der Waals surface area contributed by atoms with Crippen molar-refractivity contribution in [2.24, 2.45) is 0 Å². The number of aliphatic hydroxyl groups is 3. The summed E-state index contributed by atoms with van der Waals surface area (Å²) in [5, 5.41) is 9.67. The van der Waals surface area contributed by atoms with Crippen LogP contribution in [-0.4, -0.2) is 59.0 Å². The van der Waals surface area contributed by atoms with Crippen LogP contribution in [-0.2, 0) is 18.9 Å². The Morgan fingerprint density at radius 1 is 1.33 bits per heavy atom. The molecule has 2 aliphatic rings. The van der Waals surface area contributed by atoms with E-state index in [4.69, 9.17) is 18.9 Å². The normalized spacial score (nSPS) is 41.6. The molecule has 2 N–H and O–H groups in total. The van der Waals surface area contributed by atoms with Crippen LogP contribution in [0.15, 0.2) is 12.8 Å². The molecule has 0 aromatic carbocycles. The van der Waals surface area contributed by atoms with Gasteiger partial charge >= 0.3 is 0 Å². The van der Waals surface area contributed by atoms with Crippen LogP contribution in [0.4, 0.5) is 0 Å². The number of rotatable bonds is 6. The summed E-state index contributed by atoms with van der Waals surface area (Å²) in [6.07, 6.45) is 0.305. The van der Waals surface area contributed by atoms with Gasteiger partial charge in [0.15, 0.2) is 24.3 Å². The molecule has 2 rings (SSSR count). The summed E-state index contributed by atoms with van der Waals surface area (Å²) in [6, 6.07) is 0. The van der Waals surface area contributed by atoms with Crippen molar-refractivity contribution in [1.29, 1.82) is 0 Å². The first-order valence-corrected chi connectivity index (χ1v) is 7.50. The zero-order chi connectivity index (χ0) is 15.7. The Hall–Kier alpha value is -0.660. The maximum absolute atomic E-state index is 9.67. The molecule has 0 bridgehead atoms. The summed E-state index contributed by atoms with van der Waals surface area (Å²) in [5.74, 6) is -0.756. The molecule has 0 amide bonds. The summed E-state index contributed by atoms with van der Waals surface area (Å²) in [6.45, 7) is 11.7. The molecule has 2 fully saturated rings. The fourth-order valence-corrected chi connectivity index (χ4v) is 3.28. The highest BCUT2D eigenvalue weighted by molar-refractivity contribution is 5.07. The van der Waals surface area contributed by atoms with Gasteiger partial charge in [-0.1, -0.05) is 6.92 Å². The topological polar surface area (TPSA) is 70.0 Å². The Kier molecular flexibility index (Phi) is 4.95. The van der Waals surface area contributed by atoms with Crippen LogP contribution >= 0.6 is 0 Å². The number of ether oxygens (including phenoxy) is 5. The van der Waals surface area contributed by atoms with E-state index in [-0.39, 0.29) is 6.61 Å². The summed E-state index contributed by atoms with van der Waals surface area (Å²) < 4.78 is 28.1. The number of aliphatic hydroxyl groups excluding tert-OH is 1. The van der Waals surface area contributed by atoms with Crippen molar-refractivity contribution in [3.63, 3.8) is 0 Å². The lowest BCUT2D eigenvalue weighted by Gasteiger charge is -2.47. The van der Waals surface area contributed by atoms with Crippen LogP contribution in [0.1, 0.15) is 34.1 Å². The highest BCUT2D eigenvalue weighted by Crippen LogP contribution is 2.45. The van der Waals surface area contributed by atoms with Crippen LogP contribution in [0.2, 0.25) is 0 Å². The van der Waals surface area contributed by atoms with Crippen molar-refractivity contribution >= 4 is 0 Å².